The van der Waals surface area contributed by atoms with Crippen LogP contribution in [0.3, 0.4) is 0 Å². The van der Waals surface area contributed by atoms with Gasteiger partial charge in [0.25, 0.3) is 11.8 Å². The first kappa shape index (κ1) is 22.7. The molecule has 2 amide bonds. The van der Waals surface area contributed by atoms with Gasteiger partial charge in [0.2, 0.25) is 0 Å². The molecule has 2 N–H and O–H groups in total. The van der Waals surface area contributed by atoms with E-state index in [2.05, 4.69) is 10.6 Å². The lowest BCUT2D eigenvalue weighted by atomic mass is 10.1. The van der Waals surface area contributed by atoms with Crippen LogP contribution in [0.4, 0.5) is 5.69 Å². The molecule has 7 nitrogen and oxygen atoms in total. The highest BCUT2D eigenvalue weighted by atomic mass is 32.1. The molecule has 1 heterocycles. The zero-order valence-electron chi connectivity index (χ0n) is 17.7. The molecule has 1 fully saturated rings. The highest BCUT2D eigenvalue weighted by molar-refractivity contribution is 7.80. The zero-order valence-corrected chi connectivity index (χ0v) is 18.5. The number of thiocarbonyl (C=S) groups is 1. The van der Waals surface area contributed by atoms with Crippen molar-refractivity contribution >= 4 is 34.8 Å². The number of carbonyl (C=O) groups is 2. The fourth-order valence-corrected chi connectivity index (χ4v) is 3.27. The Morgan fingerprint density at radius 1 is 1.16 bits per heavy atom. The summed E-state index contributed by atoms with van der Waals surface area (Å²) in [5.41, 5.74) is 1.46. The van der Waals surface area contributed by atoms with Gasteiger partial charge in [0, 0.05) is 18.7 Å². The summed E-state index contributed by atoms with van der Waals surface area (Å²) in [5.74, 6) is 0.168. The number of amides is 2. The first-order valence-corrected chi connectivity index (χ1v) is 10.7. The number of nitrogens with zero attached hydrogens (tertiary/aromatic N) is 1. The monoisotopic (exact) mass is 441 g/mol. The molecule has 2 aromatic carbocycles. The molecule has 1 unspecified atom stereocenters. The maximum Gasteiger partial charge on any atom is 0.257 e. The van der Waals surface area contributed by atoms with Crippen molar-refractivity contribution in [3.63, 3.8) is 0 Å². The number of ether oxygens (including phenoxy) is 2. The molecule has 31 heavy (non-hydrogen) atoms. The summed E-state index contributed by atoms with van der Waals surface area (Å²) >= 11 is 5.32. The Kier molecular flexibility index (Phi) is 7.97. The van der Waals surface area contributed by atoms with E-state index in [1.54, 1.807) is 47.4 Å². The van der Waals surface area contributed by atoms with Crippen molar-refractivity contribution in [1.82, 2.24) is 10.2 Å². The number of anilines is 1. The summed E-state index contributed by atoms with van der Waals surface area (Å²) in [4.78, 5) is 27.3. The lowest BCUT2D eigenvalue weighted by Gasteiger charge is -2.27. The van der Waals surface area contributed by atoms with Crippen LogP contribution < -0.4 is 15.4 Å². The normalized spacial score (nSPS) is 14.5. The van der Waals surface area contributed by atoms with E-state index >= 15 is 0 Å². The van der Waals surface area contributed by atoms with Crippen molar-refractivity contribution in [2.45, 2.75) is 26.4 Å². The van der Waals surface area contributed by atoms with Crippen molar-refractivity contribution < 1.29 is 19.1 Å². The number of para-hydroxylation sites is 1. The molecule has 3 rings (SSSR count). The summed E-state index contributed by atoms with van der Waals surface area (Å²) in [6.45, 7) is 6.15. The number of morpholine rings is 1. The number of benzene rings is 2. The summed E-state index contributed by atoms with van der Waals surface area (Å²) in [7, 11) is 0. The Labute approximate surface area is 187 Å². The predicted molar refractivity (Wildman–Crippen MR) is 124 cm³/mol. The molecule has 164 valence electrons. The van der Waals surface area contributed by atoms with E-state index in [1.165, 1.54) is 0 Å². The second kappa shape index (κ2) is 10.9. The van der Waals surface area contributed by atoms with E-state index in [-0.39, 0.29) is 23.0 Å². The maximum atomic E-state index is 12.9. The van der Waals surface area contributed by atoms with Gasteiger partial charge in [-0.25, -0.2) is 0 Å². The predicted octanol–water partition coefficient (Wildman–Crippen LogP) is 3.46. The Balaban J connectivity index is 1.65. The van der Waals surface area contributed by atoms with Gasteiger partial charge >= 0.3 is 0 Å². The minimum absolute atomic E-state index is 0.0570. The Bertz CT molecular complexity index is 944. The van der Waals surface area contributed by atoms with Crippen LogP contribution in [0.1, 0.15) is 41.0 Å². The Hall–Kier alpha value is -2.97. The number of hydrogen-bond donors (Lipinski definition) is 2. The third-order valence-corrected chi connectivity index (χ3v) is 5.14. The first-order valence-electron chi connectivity index (χ1n) is 10.3. The van der Waals surface area contributed by atoms with E-state index in [0.717, 1.165) is 6.42 Å². The molecule has 8 heteroatoms. The van der Waals surface area contributed by atoms with Crippen LogP contribution in [-0.4, -0.2) is 54.2 Å². The van der Waals surface area contributed by atoms with Crippen LogP contribution in [-0.2, 0) is 4.74 Å². The molecule has 1 aliphatic rings. The van der Waals surface area contributed by atoms with Gasteiger partial charge in [0.1, 0.15) is 5.75 Å². The molecule has 0 aromatic heterocycles. The van der Waals surface area contributed by atoms with E-state index in [0.29, 0.717) is 48.9 Å². The average Bonchev–Trinajstić information content (AvgIpc) is 2.79. The fourth-order valence-electron chi connectivity index (χ4n) is 3.07. The van der Waals surface area contributed by atoms with Crippen LogP contribution >= 0.6 is 12.2 Å². The lowest BCUT2D eigenvalue weighted by Crippen LogP contribution is -2.41. The van der Waals surface area contributed by atoms with Crippen molar-refractivity contribution in [3.8, 4) is 5.75 Å². The molecular formula is C23H27N3O4S. The number of rotatable bonds is 6. The van der Waals surface area contributed by atoms with Gasteiger partial charge in [-0.2, -0.15) is 0 Å². The molecule has 1 saturated heterocycles. The van der Waals surface area contributed by atoms with Gasteiger partial charge in [0.15, 0.2) is 5.11 Å². The standard InChI is InChI=1S/C23H27N3O4S/c1-3-16(2)30-18-8-6-7-17(15-18)21(27)25-23(31)24-20-10-5-4-9-19(20)22(28)26-11-13-29-14-12-26/h4-10,15-16H,3,11-14H2,1-2H3,(H2,24,25,27,31). The first-order chi connectivity index (χ1) is 15.0. The molecule has 0 aliphatic carbocycles. The highest BCUT2D eigenvalue weighted by Gasteiger charge is 2.21. The number of carbonyl (C=O) groups excluding carboxylic acids is 2. The largest absolute Gasteiger partial charge is 0.491 e. The molecule has 0 bridgehead atoms. The van der Waals surface area contributed by atoms with Crippen molar-refractivity contribution in [1.29, 1.82) is 0 Å². The minimum atomic E-state index is -0.357. The second-order valence-electron chi connectivity index (χ2n) is 7.22. The summed E-state index contributed by atoms with van der Waals surface area (Å²) < 4.78 is 11.1. The topological polar surface area (TPSA) is 79.9 Å². The maximum absolute atomic E-state index is 12.9. The highest BCUT2D eigenvalue weighted by Crippen LogP contribution is 2.19. The van der Waals surface area contributed by atoms with Crippen LogP contribution in [0, 0.1) is 0 Å². The molecule has 0 radical (unpaired) electrons. The van der Waals surface area contributed by atoms with Gasteiger partial charge in [-0.05, 0) is 55.9 Å². The fraction of sp³-hybridized carbons (Fsp3) is 0.348. The molecule has 1 atom stereocenters. The third-order valence-electron chi connectivity index (χ3n) is 4.94. The molecule has 0 spiro atoms. The molecule has 0 saturated carbocycles. The zero-order chi connectivity index (χ0) is 22.2. The SMILES string of the molecule is CCC(C)Oc1cccc(C(=O)NC(=S)Nc2ccccc2C(=O)N2CCOCC2)c1. The van der Waals surface area contributed by atoms with Crippen molar-refractivity contribution in [2.24, 2.45) is 0 Å². The van der Waals surface area contributed by atoms with Gasteiger partial charge in [0.05, 0.1) is 30.6 Å². The molecule has 2 aromatic rings. The quantitative estimate of drug-likeness (QED) is 0.669. The Morgan fingerprint density at radius 2 is 1.90 bits per heavy atom. The Morgan fingerprint density at radius 3 is 2.65 bits per heavy atom. The minimum Gasteiger partial charge on any atom is -0.491 e. The number of nitrogens with one attached hydrogen (secondary N) is 2. The van der Waals surface area contributed by atoms with Gasteiger partial charge < -0.3 is 19.7 Å². The van der Waals surface area contributed by atoms with Crippen molar-refractivity contribution in [2.75, 3.05) is 31.6 Å². The van der Waals surface area contributed by atoms with Gasteiger partial charge in [-0.1, -0.05) is 25.1 Å². The van der Waals surface area contributed by atoms with Crippen LogP contribution in [0.15, 0.2) is 48.5 Å². The van der Waals surface area contributed by atoms with Crippen LogP contribution in [0.2, 0.25) is 0 Å². The third kappa shape index (κ3) is 6.26. The van der Waals surface area contributed by atoms with Crippen LogP contribution in [0.5, 0.6) is 5.75 Å². The average molecular weight is 442 g/mol. The van der Waals surface area contributed by atoms with E-state index < -0.39 is 0 Å². The molecule has 1 aliphatic heterocycles. The van der Waals surface area contributed by atoms with Gasteiger partial charge in [-0.3, -0.25) is 14.9 Å². The van der Waals surface area contributed by atoms with E-state index in [4.69, 9.17) is 21.7 Å². The lowest BCUT2D eigenvalue weighted by molar-refractivity contribution is 0.0303. The second-order valence-corrected chi connectivity index (χ2v) is 7.63. The number of hydrogen-bond acceptors (Lipinski definition) is 5. The van der Waals surface area contributed by atoms with Crippen molar-refractivity contribution in [3.05, 3.63) is 59.7 Å². The van der Waals surface area contributed by atoms with Gasteiger partial charge in [-0.15, -0.1) is 0 Å². The van der Waals surface area contributed by atoms with Crippen LogP contribution in [0.25, 0.3) is 0 Å². The summed E-state index contributed by atoms with van der Waals surface area (Å²) in [6, 6.07) is 14.0. The molecular weight excluding hydrogens is 414 g/mol. The van der Waals surface area contributed by atoms with E-state index in [1.807, 2.05) is 19.9 Å². The smallest absolute Gasteiger partial charge is 0.257 e. The summed E-state index contributed by atoms with van der Waals surface area (Å²) in [6.07, 6.45) is 0.925. The van der Waals surface area contributed by atoms with E-state index in [9.17, 15) is 9.59 Å². The summed E-state index contributed by atoms with van der Waals surface area (Å²) in [5, 5.41) is 5.75.